The van der Waals surface area contributed by atoms with Gasteiger partial charge in [0.05, 0.1) is 0 Å². The van der Waals surface area contributed by atoms with Crippen molar-refractivity contribution in [3.63, 3.8) is 0 Å². The Morgan fingerprint density at radius 2 is 2.00 bits per heavy atom. The second-order valence-electron chi connectivity index (χ2n) is 5.70. The van der Waals surface area contributed by atoms with Crippen LogP contribution in [0.15, 0.2) is 12.1 Å². The first kappa shape index (κ1) is 14.8. The van der Waals surface area contributed by atoms with Crippen molar-refractivity contribution in [2.45, 2.75) is 37.8 Å². The molecule has 1 aromatic rings. The molecule has 2 aliphatic rings. The van der Waals surface area contributed by atoms with Crippen molar-refractivity contribution in [2.24, 2.45) is 0 Å². The molecule has 1 aliphatic heterocycles. The Morgan fingerprint density at radius 1 is 1.27 bits per heavy atom. The van der Waals surface area contributed by atoms with Crippen molar-refractivity contribution in [1.82, 2.24) is 15.6 Å². The topological polar surface area (TPSA) is 92.3 Å². The number of ether oxygens (including phenoxy) is 1. The minimum atomic E-state index is -0.215. The molecule has 0 atom stereocenters. The van der Waals surface area contributed by atoms with Crippen molar-refractivity contribution in [3.05, 3.63) is 17.8 Å². The van der Waals surface area contributed by atoms with E-state index in [0.717, 1.165) is 25.7 Å². The monoisotopic (exact) mass is 304 g/mol. The first-order valence-corrected chi connectivity index (χ1v) is 7.57. The molecule has 0 unspecified atom stereocenters. The SMILES string of the molecule is CNC1CCC(NC(=O)c2ccc3c(n2)OCC(=O)N3)CC1. The molecule has 0 bridgehead atoms. The number of nitrogens with one attached hydrogen (secondary N) is 3. The van der Waals surface area contributed by atoms with E-state index in [1.165, 1.54) is 0 Å². The Labute approximate surface area is 128 Å². The Balaban J connectivity index is 1.62. The Morgan fingerprint density at radius 3 is 2.73 bits per heavy atom. The maximum atomic E-state index is 12.3. The lowest BCUT2D eigenvalue weighted by atomic mass is 9.91. The predicted molar refractivity (Wildman–Crippen MR) is 80.9 cm³/mol. The highest BCUT2D eigenvalue weighted by atomic mass is 16.5. The lowest BCUT2D eigenvalue weighted by Crippen LogP contribution is -2.41. The van der Waals surface area contributed by atoms with Crippen LogP contribution in [-0.4, -0.2) is 42.5 Å². The van der Waals surface area contributed by atoms with E-state index in [1.807, 2.05) is 7.05 Å². The van der Waals surface area contributed by atoms with Crippen LogP contribution in [0.1, 0.15) is 36.2 Å². The van der Waals surface area contributed by atoms with Crippen LogP contribution in [-0.2, 0) is 4.79 Å². The molecule has 3 rings (SSSR count). The van der Waals surface area contributed by atoms with Crippen LogP contribution in [0, 0.1) is 0 Å². The predicted octanol–water partition coefficient (Wildman–Crippen LogP) is 0.673. The van der Waals surface area contributed by atoms with Crippen molar-refractivity contribution in [3.8, 4) is 5.88 Å². The van der Waals surface area contributed by atoms with Gasteiger partial charge in [-0.15, -0.1) is 0 Å². The van der Waals surface area contributed by atoms with Gasteiger partial charge in [-0.05, 0) is 44.9 Å². The summed E-state index contributed by atoms with van der Waals surface area (Å²) in [5.41, 5.74) is 0.813. The van der Waals surface area contributed by atoms with E-state index in [2.05, 4.69) is 20.9 Å². The number of fused-ring (bicyclic) bond motifs is 1. The van der Waals surface area contributed by atoms with E-state index < -0.39 is 0 Å². The Hall–Kier alpha value is -2.15. The van der Waals surface area contributed by atoms with Gasteiger partial charge in [0.2, 0.25) is 5.88 Å². The summed E-state index contributed by atoms with van der Waals surface area (Å²) in [7, 11) is 1.97. The molecule has 0 spiro atoms. The molecule has 1 fully saturated rings. The maximum absolute atomic E-state index is 12.3. The smallest absolute Gasteiger partial charge is 0.270 e. The van der Waals surface area contributed by atoms with E-state index in [0.29, 0.717) is 23.3 Å². The van der Waals surface area contributed by atoms with Gasteiger partial charge >= 0.3 is 0 Å². The molecule has 3 N–H and O–H groups in total. The number of nitrogens with zero attached hydrogens (tertiary/aromatic N) is 1. The first-order chi connectivity index (χ1) is 10.7. The van der Waals surface area contributed by atoms with Crippen molar-refractivity contribution < 1.29 is 14.3 Å². The van der Waals surface area contributed by atoms with Gasteiger partial charge in [-0.2, -0.15) is 0 Å². The molecule has 118 valence electrons. The summed E-state index contributed by atoms with van der Waals surface area (Å²) in [5.74, 6) is -0.116. The van der Waals surface area contributed by atoms with Crippen LogP contribution in [0.4, 0.5) is 5.69 Å². The van der Waals surface area contributed by atoms with Crippen LogP contribution in [0.25, 0.3) is 0 Å². The minimum absolute atomic E-state index is 0.0703. The van der Waals surface area contributed by atoms with Gasteiger partial charge in [0.1, 0.15) is 11.4 Å². The van der Waals surface area contributed by atoms with Gasteiger partial charge in [-0.25, -0.2) is 4.98 Å². The van der Waals surface area contributed by atoms with Crippen LogP contribution >= 0.6 is 0 Å². The van der Waals surface area contributed by atoms with Crippen molar-refractivity contribution in [2.75, 3.05) is 19.0 Å². The third-order valence-electron chi connectivity index (χ3n) is 4.18. The fraction of sp³-hybridized carbons (Fsp3) is 0.533. The maximum Gasteiger partial charge on any atom is 0.270 e. The normalized spacial score (nSPS) is 24.0. The number of carbonyl (C=O) groups excluding carboxylic acids is 2. The molecule has 2 heterocycles. The van der Waals surface area contributed by atoms with Gasteiger partial charge in [-0.3, -0.25) is 9.59 Å². The zero-order chi connectivity index (χ0) is 15.5. The van der Waals surface area contributed by atoms with E-state index in [9.17, 15) is 9.59 Å². The average molecular weight is 304 g/mol. The fourth-order valence-electron chi connectivity index (χ4n) is 2.88. The van der Waals surface area contributed by atoms with E-state index in [-0.39, 0.29) is 24.5 Å². The van der Waals surface area contributed by atoms with E-state index in [1.54, 1.807) is 12.1 Å². The summed E-state index contributed by atoms with van der Waals surface area (Å²) in [4.78, 5) is 27.7. The Bertz CT molecular complexity index is 582. The van der Waals surface area contributed by atoms with Crippen LogP contribution < -0.4 is 20.7 Å². The second kappa shape index (κ2) is 6.31. The molecule has 0 aromatic carbocycles. The molecule has 22 heavy (non-hydrogen) atoms. The van der Waals surface area contributed by atoms with E-state index >= 15 is 0 Å². The number of hydrogen-bond donors (Lipinski definition) is 3. The minimum Gasteiger partial charge on any atom is -0.466 e. The zero-order valence-corrected chi connectivity index (χ0v) is 12.5. The number of hydrogen-bond acceptors (Lipinski definition) is 5. The van der Waals surface area contributed by atoms with Crippen LogP contribution in [0.3, 0.4) is 0 Å². The summed E-state index contributed by atoms with van der Waals surface area (Å²) in [6.45, 7) is -0.0703. The summed E-state index contributed by atoms with van der Waals surface area (Å²) in [6, 6.07) is 3.98. The molecular formula is C15H20N4O3. The number of carbonyl (C=O) groups is 2. The molecule has 1 aromatic heterocycles. The number of pyridine rings is 1. The van der Waals surface area contributed by atoms with Gasteiger partial charge in [0, 0.05) is 12.1 Å². The van der Waals surface area contributed by atoms with E-state index in [4.69, 9.17) is 4.74 Å². The fourth-order valence-corrected chi connectivity index (χ4v) is 2.88. The molecule has 0 radical (unpaired) electrons. The van der Waals surface area contributed by atoms with Crippen molar-refractivity contribution in [1.29, 1.82) is 0 Å². The highest BCUT2D eigenvalue weighted by molar-refractivity contribution is 5.97. The summed E-state index contributed by atoms with van der Waals surface area (Å²) in [5, 5.41) is 8.95. The van der Waals surface area contributed by atoms with Crippen LogP contribution in [0.5, 0.6) is 5.88 Å². The molecule has 0 saturated heterocycles. The van der Waals surface area contributed by atoms with Gasteiger partial charge in [0.25, 0.3) is 11.8 Å². The quantitative estimate of drug-likeness (QED) is 0.763. The molecule has 2 amide bonds. The van der Waals surface area contributed by atoms with Gasteiger partial charge in [0.15, 0.2) is 6.61 Å². The zero-order valence-electron chi connectivity index (χ0n) is 12.5. The standard InChI is InChI=1S/C15H20N4O3/c1-16-9-2-4-10(5-3-9)17-14(21)11-6-7-12-15(19-11)22-8-13(20)18-12/h6-7,9-10,16H,2-5,8H2,1H3,(H,17,21)(H,18,20). The lowest BCUT2D eigenvalue weighted by Gasteiger charge is -2.28. The number of rotatable bonds is 3. The second-order valence-corrected chi connectivity index (χ2v) is 5.70. The molecular weight excluding hydrogens is 284 g/mol. The molecule has 7 nitrogen and oxygen atoms in total. The lowest BCUT2D eigenvalue weighted by molar-refractivity contribution is -0.118. The summed E-state index contributed by atoms with van der Waals surface area (Å²) in [6.07, 6.45) is 4.06. The summed E-state index contributed by atoms with van der Waals surface area (Å²) >= 11 is 0. The Kier molecular flexibility index (Phi) is 4.24. The third-order valence-corrected chi connectivity index (χ3v) is 4.18. The molecule has 1 saturated carbocycles. The highest BCUT2D eigenvalue weighted by Crippen LogP contribution is 2.25. The molecule has 1 aliphatic carbocycles. The van der Waals surface area contributed by atoms with Crippen LogP contribution in [0.2, 0.25) is 0 Å². The van der Waals surface area contributed by atoms with Gasteiger partial charge < -0.3 is 20.7 Å². The number of anilines is 1. The largest absolute Gasteiger partial charge is 0.466 e. The number of amides is 2. The number of aromatic nitrogens is 1. The average Bonchev–Trinajstić information content (AvgIpc) is 2.55. The highest BCUT2D eigenvalue weighted by Gasteiger charge is 2.23. The molecule has 7 heteroatoms. The third kappa shape index (κ3) is 3.19. The first-order valence-electron chi connectivity index (χ1n) is 7.57. The van der Waals surface area contributed by atoms with Crippen molar-refractivity contribution >= 4 is 17.5 Å². The van der Waals surface area contributed by atoms with Gasteiger partial charge in [-0.1, -0.05) is 0 Å². The summed E-state index contributed by atoms with van der Waals surface area (Å²) < 4.78 is 5.23.